The van der Waals surface area contributed by atoms with Crippen LogP contribution < -0.4 is 5.32 Å². The van der Waals surface area contributed by atoms with E-state index < -0.39 is 5.60 Å². The van der Waals surface area contributed by atoms with Crippen LogP contribution in [0.4, 0.5) is 0 Å². The van der Waals surface area contributed by atoms with E-state index in [2.05, 4.69) is 37.9 Å². The van der Waals surface area contributed by atoms with Crippen LogP contribution in [0.5, 0.6) is 0 Å². The number of aliphatic hydroxyl groups is 1. The molecule has 0 aliphatic carbocycles. The van der Waals surface area contributed by atoms with Crippen molar-refractivity contribution in [1.82, 2.24) is 10.2 Å². The van der Waals surface area contributed by atoms with Crippen molar-refractivity contribution in [3.8, 4) is 0 Å². The zero-order valence-corrected chi connectivity index (χ0v) is 12.7. The fourth-order valence-electron chi connectivity index (χ4n) is 2.14. The minimum atomic E-state index is -0.639. The van der Waals surface area contributed by atoms with Crippen molar-refractivity contribution in [2.45, 2.75) is 57.6 Å². The van der Waals surface area contributed by atoms with Gasteiger partial charge in [-0.2, -0.15) is 11.8 Å². The van der Waals surface area contributed by atoms with Gasteiger partial charge in [0, 0.05) is 42.7 Å². The van der Waals surface area contributed by atoms with Gasteiger partial charge in [-0.05, 0) is 13.8 Å². The van der Waals surface area contributed by atoms with Crippen LogP contribution in [0.25, 0.3) is 0 Å². The van der Waals surface area contributed by atoms with Gasteiger partial charge >= 0.3 is 0 Å². The lowest BCUT2D eigenvalue weighted by Crippen LogP contribution is -2.54. The third kappa shape index (κ3) is 5.16. The Labute approximate surface area is 110 Å². The van der Waals surface area contributed by atoms with Crippen LogP contribution in [-0.2, 0) is 0 Å². The molecule has 3 unspecified atom stereocenters. The molecule has 1 aliphatic heterocycles. The number of nitrogens with one attached hydrogen (secondary N) is 1. The van der Waals surface area contributed by atoms with Crippen molar-refractivity contribution in [3.63, 3.8) is 0 Å². The van der Waals surface area contributed by atoms with Gasteiger partial charge in [0.2, 0.25) is 0 Å². The average molecular weight is 260 g/mol. The van der Waals surface area contributed by atoms with Crippen molar-refractivity contribution in [2.75, 3.05) is 25.4 Å². The molecular weight excluding hydrogens is 232 g/mol. The molecule has 2 N–H and O–H groups in total. The van der Waals surface area contributed by atoms with Gasteiger partial charge in [0.15, 0.2) is 0 Å². The topological polar surface area (TPSA) is 35.5 Å². The Kier molecular flexibility index (Phi) is 5.77. The van der Waals surface area contributed by atoms with Crippen molar-refractivity contribution in [3.05, 3.63) is 0 Å². The Balaban J connectivity index is 2.45. The summed E-state index contributed by atoms with van der Waals surface area (Å²) in [6.07, 6.45) is 0. The predicted octanol–water partition coefficient (Wildman–Crippen LogP) is 1.56. The Hall–Kier alpha value is 0.230. The first kappa shape index (κ1) is 15.3. The average Bonchev–Trinajstić information content (AvgIpc) is 2.22. The summed E-state index contributed by atoms with van der Waals surface area (Å²) in [5.41, 5.74) is -0.639. The first-order valence-electron chi connectivity index (χ1n) is 6.63. The molecule has 3 nitrogen and oxygen atoms in total. The van der Waals surface area contributed by atoms with E-state index in [-0.39, 0.29) is 0 Å². The van der Waals surface area contributed by atoms with E-state index in [9.17, 15) is 5.11 Å². The quantitative estimate of drug-likeness (QED) is 0.786. The first-order chi connectivity index (χ1) is 7.82. The summed E-state index contributed by atoms with van der Waals surface area (Å²) in [5, 5.41) is 14.4. The molecule has 1 rings (SSSR count). The molecule has 0 aromatic heterocycles. The maximum Gasteiger partial charge on any atom is 0.0869 e. The molecule has 1 heterocycles. The van der Waals surface area contributed by atoms with Gasteiger partial charge in [-0.3, -0.25) is 4.90 Å². The first-order valence-corrected chi connectivity index (χ1v) is 7.68. The zero-order valence-electron chi connectivity index (χ0n) is 11.9. The van der Waals surface area contributed by atoms with E-state index in [4.69, 9.17) is 0 Å². The van der Waals surface area contributed by atoms with E-state index in [1.807, 2.05) is 18.7 Å². The number of β-amino-alcohol motifs (C(OH)–C–C–N with tert-alkyl or cyclic N) is 1. The lowest BCUT2D eigenvalue weighted by atomic mass is 10.0. The number of hydrogen-bond donors (Lipinski definition) is 2. The third-order valence-electron chi connectivity index (χ3n) is 3.45. The van der Waals surface area contributed by atoms with Crippen LogP contribution in [-0.4, -0.2) is 58.3 Å². The van der Waals surface area contributed by atoms with Crippen LogP contribution in [0.3, 0.4) is 0 Å². The second kappa shape index (κ2) is 6.41. The highest BCUT2D eigenvalue weighted by molar-refractivity contribution is 8.00. The predicted molar refractivity (Wildman–Crippen MR) is 76.7 cm³/mol. The molecule has 0 saturated carbocycles. The fraction of sp³-hybridized carbons (Fsp3) is 1.00. The summed E-state index contributed by atoms with van der Waals surface area (Å²) in [6.45, 7) is 13.2. The lowest BCUT2D eigenvalue weighted by molar-refractivity contribution is 0.00842. The molecule has 0 radical (unpaired) electrons. The molecule has 0 amide bonds. The number of hydrogen-bond acceptors (Lipinski definition) is 4. The van der Waals surface area contributed by atoms with Crippen LogP contribution >= 0.6 is 11.8 Å². The van der Waals surface area contributed by atoms with Crippen molar-refractivity contribution in [2.24, 2.45) is 0 Å². The second-order valence-corrected chi connectivity index (χ2v) is 7.30. The summed E-state index contributed by atoms with van der Waals surface area (Å²) >= 11 is 2.04. The monoisotopic (exact) mass is 260 g/mol. The maximum absolute atomic E-state index is 10.4. The van der Waals surface area contributed by atoms with E-state index >= 15 is 0 Å². The molecule has 0 aromatic rings. The molecule has 1 fully saturated rings. The zero-order chi connectivity index (χ0) is 13.1. The van der Waals surface area contributed by atoms with Crippen LogP contribution in [0, 0.1) is 0 Å². The summed E-state index contributed by atoms with van der Waals surface area (Å²) in [6, 6.07) is 0.981. The molecular formula is C13H28N2OS. The molecule has 0 aromatic carbocycles. The van der Waals surface area contributed by atoms with Crippen molar-refractivity contribution < 1.29 is 5.11 Å². The smallest absolute Gasteiger partial charge is 0.0869 e. The number of nitrogens with zero attached hydrogens (tertiary/aromatic N) is 1. The Morgan fingerprint density at radius 3 is 2.71 bits per heavy atom. The van der Waals surface area contributed by atoms with Crippen LogP contribution in [0.2, 0.25) is 0 Å². The van der Waals surface area contributed by atoms with Gasteiger partial charge in [-0.25, -0.2) is 0 Å². The molecule has 0 spiro atoms. The molecule has 17 heavy (non-hydrogen) atoms. The minimum absolute atomic E-state index is 0.426. The van der Waals surface area contributed by atoms with Crippen LogP contribution in [0.1, 0.15) is 34.6 Å². The van der Waals surface area contributed by atoms with Gasteiger partial charge in [0.05, 0.1) is 5.60 Å². The normalized spacial score (nSPS) is 30.5. The van der Waals surface area contributed by atoms with Gasteiger partial charge in [0.1, 0.15) is 0 Å². The van der Waals surface area contributed by atoms with Gasteiger partial charge < -0.3 is 10.4 Å². The standard InChI is InChI=1S/C13H28N2OS/c1-10(2)14-8-13(5,16)9-15-6-7-17-12(4)11(15)3/h10-12,14,16H,6-9H2,1-5H3. The van der Waals surface area contributed by atoms with Crippen molar-refractivity contribution >= 4 is 11.8 Å². The molecule has 4 heteroatoms. The summed E-state index contributed by atoms with van der Waals surface area (Å²) < 4.78 is 0. The van der Waals surface area contributed by atoms with E-state index in [1.165, 1.54) is 5.75 Å². The maximum atomic E-state index is 10.4. The third-order valence-corrected chi connectivity index (χ3v) is 4.79. The van der Waals surface area contributed by atoms with Gasteiger partial charge in [0.25, 0.3) is 0 Å². The second-order valence-electron chi connectivity index (χ2n) is 5.82. The van der Waals surface area contributed by atoms with E-state index in [0.717, 1.165) is 13.1 Å². The molecule has 102 valence electrons. The summed E-state index contributed by atoms with van der Waals surface area (Å²) in [7, 11) is 0. The Morgan fingerprint density at radius 1 is 1.47 bits per heavy atom. The largest absolute Gasteiger partial charge is 0.388 e. The highest BCUT2D eigenvalue weighted by atomic mass is 32.2. The van der Waals surface area contributed by atoms with Gasteiger partial charge in [-0.1, -0.05) is 20.8 Å². The molecule has 3 atom stereocenters. The number of rotatable bonds is 5. The molecule has 0 bridgehead atoms. The highest BCUT2D eigenvalue weighted by Gasteiger charge is 2.31. The number of thioether (sulfide) groups is 1. The summed E-state index contributed by atoms with van der Waals surface area (Å²) in [5.74, 6) is 1.18. The SMILES string of the molecule is CC(C)NCC(C)(O)CN1CCSC(C)C1C. The highest BCUT2D eigenvalue weighted by Crippen LogP contribution is 2.25. The molecule has 1 aliphatic rings. The lowest BCUT2D eigenvalue weighted by Gasteiger charge is -2.41. The van der Waals surface area contributed by atoms with E-state index in [0.29, 0.717) is 23.9 Å². The Morgan fingerprint density at radius 2 is 2.12 bits per heavy atom. The van der Waals surface area contributed by atoms with E-state index in [1.54, 1.807) is 0 Å². The minimum Gasteiger partial charge on any atom is -0.388 e. The summed E-state index contributed by atoms with van der Waals surface area (Å²) in [4.78, 5) is 2.42. The van der Waals surface area contributed by atoms with Crippen molar-refractivity contribution in [1.29, 1.82) is 0 Å². The fourth-order valence-corrected chi connectivity index (χ4v) is 3.30. The van der Waals surface area contributed by atoms with Crippen LogP contribution in [0.15, 0.2) is 0 Å². The van der Waals surface area contributed by atoms with Gasteiger partial charge in [-0.15, -0.1) is 0 Å². The molecule has 1 saturated heterocycles. The Bertz CT molecular complexity index is 233.